The van der Waals surface area contributed by atoms with E-state index >= 15 is 0 Å². The zero-order valence-corrected chi connectivity index (χ0v) is 19.9. The molecule has 1 amide bonds. The van der Waals surface area contributed by atoms with Crippen LogP contribution in [-0.2, 0) is 12.0 Å². The van der Waals surface area contributed by atoms with Gasteiger partial charge >= 0.3 is 0 Å². The monoisotopic (exact) mass is 515 g/mol. The van der Waals surface area contributed by atoms with E-state index in [9.17, 15) is 4.79 Å². The third-order valence-corrected chi connectivity index (χ3v) is 3.96. The third kappa shape index (κ3) is 7.92. The van der Waals surface area contributed by atoms with Crippen LogP contribution in [0.2, 0.25) is 0 Å². The van der Waals surface area contributed by atoms with Crippen LogP contribution in [0.3, 0.4) is 0 Å². The van der Waals surface area contributed by atoms with E-state index in [0.29, 0.717) is 42.8 Å². The molecular formula is C20H30IN5O3. The fourth-order valence-electron chi connectivity index (χ4n) is 2.34. The van der Waals surface area contributed by atoms with Crippen molar-refractivity contribution in [1.29, 1.82) is 0 Å². The molecule has 0 saturated heterocycles. The SMILES string of the molecule is CN=C(NCCNC(=O)c1cccc(OC)c1)NCc1ncc(C(C)(C)C)o1.I. The van der Waals surface area contributed by atoms with Crippen LogP contribution in [0.1, 0.15) is 42.8 Å². The molecule has 29 heavy (non-hydrogen) atoms. The molecule has 0 unspecified atom stereocenters. The first-order chi connectivity index (χ1) is 13.3. The van der Waals surface area contributed by atoms with E-state index in [0.717, 1.165) is 5.76 Å². The van der Waals surface area contributed by atoms with Crippen LogP contribution in [0.15, 0.2) is 39.9 Å². The van der Waals surface area contributed by atoms with Gasteiger partial charge in [0, 0.05) is 31.1 Å². The lowest BCUT2D eigenvalue weighted by molar-refractivity contribution is 0.0954. The maximum Gasteiger partial charge on any atom is 0.251 e. The summed E-state index contributed by atoms with van der Waals surface area (Å²) in [5, 5.41) is 9.13. The third-order valence-electron chi connectivity index (χ3n) is 3.96. The number of rotatable bonds is 7. The number of aromatic nitrogens is 1. The summed E-state index contributed by atoms with van der Waals surface area (Å²) in [6.07, 6.45) is 1.75. The van der Waals surface area contributed by atoms with Gasteiger partial charge in [0.2, 0.25) is 5.89 Å². The van der Waals surface area contributed by atoms with Crippen LogP contribution < -0.4 is 20.7 Å². The highest BCUT2D eigenvalue weighted by Gasteiger charge is 2.19. The Morgan fingerprint density at radius 2 is 1.93 bits per heavy atom. The van der Waals surface area contributed by atoms with Gasteiger partial charge in [0.1, 0.15) is 11.5 Å². The number of nitrogens with one attached hydrogen (secondary N) is 3. The molecular weight excluding hydrogens is 485 g/mol. The number of aliphatic imine (C=N–C) groups is 1. The maximum atomic E-state index is 12.2. The van der Waals surface area contributed by atoms with Gasteiger partial charge in [0.15, 0.2) is 5.96 Å². The summed E-state index contributed by atoms with van der Waals surface area (Å²) in [5.74, 6) is 2.53. The number of nitrogens with zero attached hydrogens (tertiary/aromatic N) is 2. The highest BCUT2D eigenvalue weighted by Crippen LogP contribution is 2.22. The first kappa shape index (κ1) is 24.7. The fourth-order valence-corrected chi connectivity index (χ4v) is 2.34. The second kappa shape index (κ2) is 11.6. The second-order valence-electron chi connectivity index (χ2n) is 7.21. The topological polar surface area (TPSA) is 101 Å². The van der Waals surface area contributed by atoms with Crippen molar-refractivity contribution in [3.05, 3.63) is 47.7 Å². The van der Waals surface area contributed by atoms with E-state index < -0.39 is 0 Å². The number of carbonyl (C=O) groups excluding carboxylic acids is 1. The van der Waals surface area contributed by atoms with Crippen molar-refractivity contribution in [3.63, 3.8) is 0 Å². The molecule has 0 aliphatic rings. The van der Waals surface area contributed by atoms with E-state index in [-0.39, 0.29) is 35.3 Å². The van der Waals surface area contributed by atoms with E-state index in [4.69, 9.17) is 9.15 Å². The molecule has 0 aliphatic heterocycles. The number of methoxy groups -OCH3 is 1. The summed E-state index contributed by atoms with van der Waals surface area (Å²) >= 11 is 0. The first-order valence-corrected chi connectivity index (χ1v) is 9.15. The van der Waals surface area contributed by atoms with Gasteiger partial charge in [0.25, 0.3) is 5.91 Å². The van der Waals surface area contributed by atoms with Crippen molar-refractivity contribution >= 4 is 35.8 Å². The Hall–Kier alpha value is -2.30. The summed E-state index contributed by atoms with van der Waals surface area (Å²) < 4.78 is 10.9. The number of hydrogen-bond acceptors (Lipinski definition) is 5. The van der Waals surface area contributed by atoms with Crippen LogP contribution in [0.25, 0.3) is 0 Å². The van der Waals surface area contributed by atoms with Crippen LogP contribution >= 0.6 is 24.0 Å². The lowest BCUT2D eigenvalue weighted by Crippen LogP contribution is -2.41. The molecule has 9 heteroatoms. The van der Waals surface area contributed by atoms with Crippen molar-refractivity contribution in [2.75, 3.05) is 27.2 Å². The molecule has 0 spiro atoms. The van der Waals surface area contributed by atoms with Gasteiger partial charge in [-0.1, -0.05) is 26.8 Å². The average molecular weight is 515 g/mol. The van der Waals surface area contributed by atoms with Gasteiger partial charge in [-0.2, -0.15) is 0 Å². The molecule has 1 aromatic carbocycles. The van der Waals surface area contributed by atoms with Gasteiger partial charge < -0.3 is 25.1 Å². The molecule has 3 N–H and O–H groups in total. The summed E-state index contributed by atoms with van der Waals surface area (Å²) in [4.78, 5) is 20.6. The number of halogens is 1. The van der Waals surface area contributed by atoms with Crippen molar-refractivity contribution in [2.45, 2.75) is 32.7 Å². The van der Waals surface area contributed by atoms with Crippen LogP contribution in [0.4, 0.5) is 0 Å². The molecule has 1 heterocycles. The fraction of sp³-hybridized carbons (Fsp3) is 0.450. The Bertz CT molecular complexity index is 814. The Balaban J connectivity index is 0.00000420. The Kier molecular flexibility index (Phi) is 9.93. The van der Waals surface area contributed by atoms with Gasteiger partial charge in [-0.05, 0) is 18.2 Å². The van der Waals surface area contributed by atoms with Crippen molar-refractivity contribution < 1.29 is 13.9 Å². The standard InChI is InChI=1S/C20H29N5O3.HI/c1-20(2,3)16-12-24-17(28-16)13-25-19(21-4)23-10-9-22-18(26)14-7-6-8-15(11-14)27-5;/h6-8,11-12H,9-10,13H2,1-5H3,(H,22,26)(H2,21,23,25);1H. The van der Waals surface area contributed by atoms with Crippen molar-refractivity contribution in [2.24, 2.45) is 4.99 Å². The highest BCUT2D eigenvalue weighted by atomic mass is 127. The molecule has 0 radical (unpaired) electrons. The minimum atomic E-state index is -0.154. The quantitative estimate of drug-likeness (QED) is 0.227. The number of carbonyl (C=O) groups is 1. The minimum absolute atomic E-state index is 0. The number of hydrogen-bond donors (Lipinski definition) is 3. The number of benzene rings is 1. The van der Waals surface area contributed by atoms with Crippen molar-refractivity contribution in [3.8, 4) is 5.75 Å². The lowest BCUT2D eigenvalue weighted by Gasteiger charge is -2.13. The van der Waals surface area contributed by atoms with Gasteiger partial charge in [0.05, 0.1) is 19.9 Å². The van der Waals surface area contributed by atoms with Crippen molar-refractivity contribution in [1.82, 2.24) is 20.9 Å². The summed E-state index contributed by atoms with van der Waals surface area (Å²) in [7, 11) is 3.25. The molecule has 160 valence electrons. The second-order valence-corrected chi connectivity index (χ2v) is 7.21. The largest absolute Gasteiger partial charge is 0.497 e. The summed E-state index contributed by atoms with van der Waals surface area (Å²) in [5.41, 5.74) is 0.479. The zero-order chi connectivity index (χ0) is 20.6. The van der Waals surface area contributed by atoms with Gasteiger partial charge in [-0.25, -0.2) is 4.98 Å². The van der Waals surface area contributed by atoms with E-state index in [2.05, 4.69) is 46.7 Å². The number of ether oxygens (including phenoxy) is 1. The molecule has 2 rings (SSSR count). The van der Waals surface area contributed by atoms with Crippen LogP contribution in [0, 0.1) is 0 Å². The predicted molar refractivity (Wildman–Crippen MR) is 124 cm³/mol. The summed E-state index contributed by atoms with van der Waals surface area (Å²) in [6.45, 7) is 7.62. The number of oxazole rings is 1. The normalized spacial score (nSPS) is 11.4. The van der Waals surface area contributed by atoms with E-state index in [1.807, 2.05) is 0 Å². The van der Waals surface area contributed by atoms with Crippen LogP contribution in [0.5, 0.6) is 5.75 Å². The predicted octanol–water partition coefficient (Wildman–Crippen LogP) is 2.69. The molecule has 0 aliphatic carbocycles. The van der Waals surface area contributed by atoms with Gasteiger partial charge in [-0.15, -0.1) is 24.0 Å². The minimum Gasteiger partial charge on any atom is -0.497 e. The first-order valence-electron chi connectivity index (χ1n) is 9.15. The molecule has 1 aromatic heterocycles. The Morgan fingerprint density at radius 3 is 2.55 bits per heavy atom. The molecule has 0 fully saturated rings. The van der Waals surface area contributed by atoms with E-state index in [1.165, 1.54) is 0 Å². The molecule has 0 bridgehead atoms. The number of guanidine groups is 1. The Labute approximate surface area is 188 Å². The smallest absolute Gasteiger partial charge is 0.251 e. The van der Waals surface area contributed by atoms with Gasteiger partial charge in [-0.3, -0.25) is 9.79 Å². The van der Waals surface area contributed by atoms with Crippen LogP contribution in [-0.4, -0.2) is 44.1 Å². The molecule has 8 nitrogen and oxygen atoms in total. The molecule has 0 saturated carbocycles. The number of amides is 1. The highest BCUT2D eigenvalue weighted by molar-refractivity contribution is 14.0. The van der Waals surface area contributed by atoms with E-state index in [1.54, 1.807) is 44.6 Å². The molecule has 0 atom stereocenters. The average Bonchev–Trinajstić information content (AvgIpc) is 3.17. The zero-order valence-electron chi connectivity index (χ0n) is 17.5. The Morgan fingerprint density at radius 1 is 1.21 bits per heavy atom. The maximum absolute atomic E-state index is 12.2. The molecule has 2 aromatic rings. The lowest BCUT2D eigenvalue weighted by atomic mass is 9.94. The summed E-state index contributed by atoms with van der Waals surface area (Å²) in [6, 6.07) is 7.03.